The second-order valence-electron chi connectivity index (χ2n) is 1.93. The molecule has 8 heavy (non-hydrogen) atoms. The van der Waals surface area contributed by atoms with E-state index in [1.165, 1.54) is 0 Å². The first-order valence-electron chi connectivity index (χ1n) is 3.19. The average molecular weight is 117 g/mol. The molecular weight excluding hydrogens is 102 g/mol. The summed E-state index contributed by atoms with van der Waals surface area (Å²) in [5, 5.41) is 8.81. The molecule has 0 aliphatic heterocycles. The lowest BCUT2D eigenvalue weighted by atomic mass is 10.4. The third-order valence-corrected chi connectivity index (χ3v) is 1.21. The molecule has 50 valence electrons. The molecule has 0 amide bonds. The van der Waals surface area contributed by atoms with E-state index in [-0.39, 0.29) is 0 Å². The van der Waals surface area contributed by atoms with Crippen molar-refractivity contribution in [3.63, 3.8) is 0 Å². The molecule has 0 spiro atoms. The van der Waals surface area contributed by atoms with Crippen molar-refractivity contribution in [1.29, 1.82) is 0 Å². The fraction of sp³-hybridized carbons (Fsp3) is 1.00. The van der Waals surface area contributed by atoms with Crippen molar-refractivity contribution >= 4 is 0 Å². The number of hydrogen-bond acceptors (Lipinski definition) is 2. The van der Waals surface area contributed by atoms with Crippen LogP contribution in [0.25, 0.3) is 0 Å². The third kappa shape index (κ3) is 2.28. The summed E-state index contributed by atoms with van der Waals surface area (Å²) >= 11 is 0. The highest BCUT2D eigenvalue weighted by Crippen LogP contribution is 2.32. The Hall–Kier alpha value is -0.0800. The predicted molar refractivity (Wildman–Crippen MR) is 34.6 cm³/mol. The topological polar surface area (TPSA) is 46.2 Å². The summed E-state index contributed by atoms with van der Waals surface area (Å²) in [6.07, 6.45) is 1.81. The molecule has 1 aliphatic carbocycles. The van der Waals surface area contributed by atoms with Crippen LogP contribution in [-0.2, 0) is 0 Å². The van der Waals surface area contributed by atoms with E-state index in [0.29, 0.717) is 6.54 Å². The van der Waals surface area contributed by atoms with Gasteiger partial charge in [0, 0.05) is 6.54 Å². The highest BCUT2D eigenvalue weighted by atomic mass is 16.3. The second kappa shape index (κ2) is 3.05. The highest BCUT2D eigenvalue weighted by Gasteiger charge is 2.38. The Morgan fingerprint density at radius 3 is 1.88 bits per heavy atom. The summed E-state index contributed by atoms with van der Waals surface area (Å²) in [7, 11) is 0. The minimum Gasteiger partial charge on any atom is -0.389 e. The monoisotopic (exact) mass is 117 g/mol. The molecule has 1 saturated carbocycles. The van der Waals surface area contributed by atoms with Gasteiger partial charge in [0.2, 0.25) is 0 Å². The largest absolute Gasteiger partial charge is 0.389 e. The van der Waals surface area contributed by atoms with Gasteiger partial charge in [-0.3, -0.25) is 0 Å². The van der Waals surface area contributed by atoms with E-state index in [1.807, 2.05) is 13.8 Å². The van der Waals surface area contributed by atoms with Gasteiger partial charge in [0.1, 0.15) is 0 Å². The molecule has 0 unspecified atom stereocenters. The van der Waals surface area contributed by atoms with Gasteiger partial charge in [0.15, 0.2) is 0 Å². The maximum atomic E-state index is 8.81. The van der Waals surface area contributed by atoms with Crippen molar-refractivity contribution in [1.82, 2.24) is 0 Å². The molecule has 2 nitrogen and oxygen atoms in total. The SMILES string of the molecule is CC.NCC1(O)CC1. The van der Waals surface area contributed by atoms with Gasteiger partial charge in [0.25, 0.3) is 0 Å². The van der Waals surface area contributed by atoms with Gasteiger partial charge in [-0.05, 0) is 12.8 Å². The van der Waals surface area contributed by atoms with Crippen molar-refractivity contribution in [3.8, 4) is 0 Å². The average Bonchev–Trinajstić information content (AvgIpc) is 2.55. The summed E-state index contributed by atoms with van der Waals surface area (Å²) in [5.41, 5.74) is 4.69. The number of hydrogen-bond donors (Lipinski definition) is 2. The van der Waals surface area contributed by atoms with Crippen molar-refractivity contribution in [2.24, 2.45) is 5.73 Å². The van der Waals surface area contributed by atoms with Crippen molar-refractivity contribution < 1.29 is 5.11 Å². The van der Waals surface area contributed by atoms with Crippen LogP contribution in [0.15, 0.2) is 0 Å². The standard InChI is InChI=1S/C4H9NO.C2H6/c5-3-4(6)1-2-4;1-2/h6H,1-3,5H2;1-2H3. The first kappa shape index (κ1) is 7.92. The summed E-state index contributed by atoms with van der Waals surface area (Å²) in [5.74, 6) is 0. The molecule has 0 aromatic rings. The Morgan fingerprint density at radius 1 is 1.50 bits per heavy atom. The summed E-state index contributed by atoms with van der Waals surface area (Å²) in [6.45, 7) is 4.44. The predicted octanol–water partition coefficient (Wildman–Crippen LogP) is 0.496. The number of aliphatic hydroxyl groups is 1. The Morgan fingerprint density at radius 2 is 1.88 bits per heavy atom. The van der Waals surface area contributed by atoms with Crippen LogP contribution in [0, 0.1) is 0 Å². The van der Waals surface area contributed by atoms with Gasteiger partial charge >= 0.3 is 0 Å². The molecule has 0 aromatic carbocycles. The van der Waals surface area contributed by atoms with Gasteiger partial charge in [-0.1, -0.05) is 13.8 Å². The van der Waals surface area contributed by atoms with Crippen LogP contribution < -0.4 is 5.73 Å². The molecule has 3 N–H and O–H groups in total. The normalized spacial score (nSPS) is 21.0. The van der Waals surface area contributed by atoms with Crippen LogP contribution in [0.1, 0.15) is 26.7 Å². The molecular formula is C6H15NO. The summed E-state index contributed by atoms with van der Waals surface area (Å²) < 4.78 is 0. The molecule has 0 radical (unpaired) electrons. The second-order valence-corrected chi connectivity index (χ2v) is 1.93. The zero-order chi connectivity index (χ0) is 6.62. The third-order valence-electron chi connectivity index (χ3n) is 1.21. The van der Waals surface area contributed by atoms with E-state index in [0.717, 1.165) is 12.8 Å². The fourth-order valence-electron chi connectivity index (χ4n) is 0.348. The zero-order valence-electron chi connectivity index (χ0n) is 5.65. The maximum absolute atomic E-state index is 8.81. The quantitative estimate of drug-likeness (QED) is 0.525. The Kier molecular flexibility index (Phi) is 3.02. The van der Waals surface area contributed by atoms with Crippen LogP contribution in [0.5, 0.6) is 0 Å². The molecule has 1 rings (SSSR count). The maximum Gasteiger partial charge on any atom is 0.0771 e. The van der Waals surface area contributed by atoms with Crippen LogP contribution in [0.3, 0.4) is 0 Å². The minimum atomic E-state index is -0.431. The van der Waals surface area contributed by atoms with Gasteiger partial charge < -0.3 is 10.8 Å². The van der Waals surface area contributed by atoms with E-state index in [1.54, 1.807) is 0 Å². The molecule has 0 heterocycles. The van der Waals surface area contributed by atoms with Crippen molar-refractivity contribution in [2.45, 2.75) is 32.3 Å². The smallest absolute Gasteiger partial charge is 0.0771 e. The van der Waals surface area contributed by atoms with Crippen LogP contribution in [-0.4, -0.2) is 17.3 Å². The first-order valence-corrected chi connectivity index (χ1v) is 3.19. The molecule has 1 fully saturated rings. The highest BCUT2D eigenvalue weighted by molar-refractivity contribution is 4.93. The first-order chi connectivity index (χ1) is 3.77. The zero-order valence-corrected chi connectivity index (χ0v) is 5.65. The Bertz CT molecular complexity index is 59.5. The lowest BCUT2D eigenvalue weighted by Gasteiger charge is -1.96. The van der Waals surface area contributed by atoms with Crippen LogP contribution in [0.4, 0.5) is 0 Å². The number of nitrogens with two attached hydrogens (primary N) is 1. The molecule has 1 aliphatic rings. The van der Waals surface area contributed by atoms with Crippen LogP contribution in [0.2, 0.25) is 0 Å². The fourth-order valence-corrected chi connectivity index (χ4v) is 0.348. The number of rotatable bonds is 1. The molecule has 2 heteroatoms. The van der Waals surface area contributed by atoms with E-state index in [4.69, 9.17) is 10.8 Å². The van der Waals surface area contributed by atoms with Crippen molar-refractivity contribution in [3.05, 3.63) is 0 Å². The molecule has 0 bridgehead atoms. The molecule has 0 saturated heterocycles. The minimum absolute atomic E-state index is 0.431. The van der Waals surface area contributed by atoms with Gasteiger partial charge in [-0.15, -0.1) is 0 Å². The summed E-state index contributed by atoms with van der Waals surface area (Å²) in [6, 6.07) is 0. The van der Waals surface area contributed by atoms with Crippen LogP contribution >= 0.6 is 0 Å². The van der Waals surface area contributed by atoms with Gasteiger partial charge in [-0.25, -0.2) is 0 Å². The van der Waals surface area contributed by atoms with E-state index >= 15 is 0 Å². The Labute approximate surface area is 50.7 Å². The molecule has 0 aromatic heterocycles. The Balaban J connectivity index is 0.000000222. The van der Waals surface area contributed by atoms with E-state index < -0.39 is 5.60 Å². The van der Waals surface area contributed by atoms with Crippen molar-refractivity contribution in [2.75, 3.05) is 6.54 Å². The van der Waals surface area contributed by atoms with E-state index in [2.05, 4.69) is 0 Å². The van der Waals surface area contributed by atoms with Gasteiger partial charge in [0.05, 0.1) is 5.60 Å². The van der Waals surface area contributed by atoms with Gasteiger partial charge in [-0.2, -0.15) is 0 Å². The lowest BCUT2D eigenvalue weighted by molar-refractivity contribution is 0.159. The molecule has 0 atom stereocenters. The van der Waals surface area contributed by atoms with E-state index in [9.17, 15) is 0 Å². The lowest BCUT2D eigenvalue weighted by Crippen LogP contribution is -2.20. The summed E-state index contributed by atoms with van der Waals surface area (Å²) in [4.78, 5) is 0.